The molecule has 0 saturated carbocycles. The molecule has 0 amide bonds. The number of hydrogen-bond donors (Lipinski definition) is 0. The number of carbonyl (C=O) groups is 1. The van der Waals surface area contributed by atoms with Crippen molar-refractivity contribution in [3.63, 3.8) is 0 Å². The van der Waals surface area contributed by atoms with Crippen molar-refractivity contribution in [1.82, 2.24) is 19.3 Å². The van der Waals surface area contributed by atoms with Crippen molar-refractivity contribution in [2.45, 2.75) is 18.7 Å². The molecule has 1 saturated heterocycles. The molecular formula is C19H21N5O4S2. The van der Waals surface area contributed by atoms with Gasteiger partial charge in [0.15, 0.2) is 0 Å². The molecule has 0 aliphatic carbocycles. The number of thiophene rings is 1. The van der Waals surface area contributed by atoms with E-state index in [-0.39, 0.29) is 11.5 Å². The topological polar surface area (TPSA) is 106 Å². The molecule has 3 aromatic heterocycles. The van der Waals surface area contributed by atoms with Crippen molar-refractivity contribution in [3.8, 4) is 0 Å². The first kappa shape index (κ1) is 20.6. The minimum atomic E-state index is -3.71. The Labute approximate surface area is 178 Å². The Morgan fingerprint density at radius 3 is 2.53 bits per heavy atom. The molecule has 4 heterocycles. The number of hydrogen-bond acceptors (Lipinski definition) is 9. The van der Waals surface area contributed by atoms with E-state index in [0.29, 0.717) is 52.8 Å². The number of aryl methyl sites for hydroxylation is 1. The number of pyridine rings is 1. The van der Waals surface area contributed by atoms with Gasteiger partial charge in [-0.2, -0.15) is 4.31 Å². The van der Waals surface area contributed by atoms with Crippen LogP contribution in [0, 0.1) is 6.92 Å². The minimum absolute atomic E-state index is 0.121. The summed E-state index contributed by atoms with van der Waals surface area (Å²) in [6.45, 7) is 5.46. The fraction of sp³-hybridized carbons (Fsp3) is 0.368. The van der Waals surface area contributed by atoms with E-state index in [4.69, 9.17) is 4.74 Å². The van der Waals surface area contributed by atoms with Gasteiger partial charge in [0, 0.05) is 50.2 Å². The highest BCUT2D eigenvalue weighted by molar-refractivity contribution is 7.89. The second-order valence-electron chi connectivity index (χ2n) is 6.74. The molecule has 1 aliphatic heterocycles. The van der Waals surface area contributed by atoms with E-state index >= 15 is 0 Å². The third-order valence-electron chi connectivity index (χ3n) is 4.94. The van der Waals surface area contributed by atoms with Gasteiger partial charge in [-0.3, -0.25) is 0 Å². The lowest BCUT2D eigenvalue weighted by molar-refractivity contribution is 0.0531. The Hall–Kier alpha value is -2.63. The second kappa shape index (κ2) is 8.25. The van der Waals surface area contributed by atoms with Gasteiger partial charge in [-0.15, -0.1) is 11.3 Å². The third-order valence-corrected chi connectivity index (χ3v) is 8.00. The van der Waals surface area contributed by atoms with Crippen LogP contribution in [0.2, 0.25) is 0 Å². The summed E-state index contributed by atoms with van der Waals surface area (Å²) in [6.07, 6.45) is 4.69. The summed E-state index contributed by atoms with van der Waals surface area (Å²) >= 11 is 1.21. The number of ether oxygens (including phenoxy) is 1. The van der Waals surface area contributed by atoms with E-state index < -0.39 is 16.0 Å². The summed E-state index contributed by atoms with van der Waals surface area (Å²) in [7, 11) is -3.71. The van der Waals surface area contributed by atoms with Crippen LogP contribution in [0.25, 0.3) is 10.2 Å². The summed E-state index contributed by atoms with van der Waals surface area (Å²) in [6, 6.07) is 3.34. The Kier molecular flexibility index (Phi) is 5.67. The summed E-state index contributed by atoms with van der Waals surface area (Å²) in [5.41, 5.74) is 0.684. The maximum absolute atomic E-state index is 13.2. The quantitative estimate of drug-likeness (QED) is 0.548. The lowest BCUT2D eigenvalue weighted by atomic mass is 10.2. The molecule has 1 aliphatic rings. The SMILES string of the molecule is CCOC(=O)c1sc2ncc(S(=O)(=O)N3CCN(c4ncccn4)CC3)cc2c1C. The van der Waals surface area contributed by atoms with Gasteiger partial charge < -0.3 is 9.64 Å². The molecule has 11 heteroatoms. The molecule has 0 atom stereocenters. The Balaban J connectivity index is 1.57. The molecule has 0 spiro atoms. The van der Waals surface area contributed by atoms with E-state index in [2.05, 4.69) is 15.0 Å². The molecule has 0 aromatic carbocycles. The summed E-state index contributed by atoms with van der Waals surface area (Å²) in [4.78, 5) is 28.0. The van der Waals surface area contributed by atoms with E-state index in [1.165, 1.54) is 21.8 Å². The highest BCUT2D eigenvalue weighted by Crippen LogP contribution is 2.32. The van der Waals surface area contributed by atoms with Crippen LogP contribution in [-0.2, 0) is 14.8 Å². The van der Waals surface area contributed by atoms with Gasteiger partial charge in [0.25, 0.3) is 0 Å². The molecule has 0 radical (unpaired) electrons. The largest absolute Gasteiger partial charge is 0.462 e. The molecule has 30 heavy (non-hydrogen) atoms. The summed E-state index contributed by atoms with van der Waals surface area (Å²) in [5, 5.41) is 0.653. The zero-order chi connectivity index (χ0) is 21.3. The molecule has 0 N–H and O–H groups in total. The van der Waals surface area contributed by atoms with Gasteiger partial charge in [0.05, 0.1) is 6.61 Å². The average molecular weight is 448 g/mol. The first-order valence-corrected chi connectivity index (χ1v) is 11.8. The third kappa shape index (κ3) is 3.75. The first-order chi connectivity index (χ1) is 14.4. The smallest absolute Gasteiger partial charge is 0.348 e. The average Bonchev–Trinajstić information content (AvgIpc) is 3.11. The molecule has 9 nitrogen and oxygen atoms in total. The molecule has 158 valence electrons. The predicted molar refractivity (Wildman–Crippen MR) is 113 cm³/mol. The van der Waals surface area contributed by atoms with Crippen molar-refractivity contribution in [2.75, 3.05) is 37.7 Å². The van der Waals surface area contributed by atoms with Gasteiger partial charge in [-0.05, 0) is 31.5 Å². The van der Waals surface area contributed by atoms with Crippen molar-refractivity contribution in [2.24, 2.45) is 0 Å². The zero-order valence-corrected chi connectivity index (χ0v) is 18.2. The number of esters is 1. The van der Waals surface area contributed by atoms with E-state index in [9.17, 15) is 13.2 Å². The maximum Gasteiger partial charge on any atom is 0.348 e. The first-order valence-electron chi connectivity index (χ1n) is 9.50. The van der Waals surface area contributed by atoms with Crippen molar-refractivity contribution in [3.05, 3.63) is 41.2 Å². The fourth-order valence-electron chi connectivity index (χ4n) is 3.34. The summed E-state index contributed by atoms with van der Waals surface area (Å²) in [5.74, 6) is 0.180. The lowest BCUT2D eigenvalue weighted by Gasteiger charge is -2.33. The van der Waals surface area contributed by atoms with Gasteiger partial charge in [-0.25, -0.2) is 28.2 Å². The summed E-state index contributed by atoms with van der Waals surface area (Å²) < 4.78 is 32.9. The molecule has 1 fully saturated rings. The van der Waals surface area contributed by atoms with Gasteiger partial charge in [-0.1, -0.05) is 0 Å². The number of carbonyl (C=O) groups excluding carboxylic acids is 1. The monoisotopic (exact) mass is 447 g/mol. The van der Waals surface area contributed by atoms with Crippen LogP contribution in [0.3, 0.4) is 0 Å². The highest BCUT2D eigenvalue weighted by Gasteiger charge is 2.30. The standard InChI is InChI=1S/C19H21N5O4S2/c1-3-28-18(25)16-13(2)15-11-14(12-22-17(15)29-16)30(26,27)24-9-7-23(8-10-24)19-20-5-4-6-21-19/h4-6,11-12H,3,7-10H2,1-2H3. The number of rotatable bonds is 5. The van der Waals surface area contributed by atoms with Crippen LogP contribution < -0.4 is 4.90 Å². The van der Waals surface area contributed by atoms with Crippen LogP contribution in [0.1, 0.15) is 22.2 Å². The Morgan fingerprint density at radius 1 is 1.17 bits per heavy atom. The number of sulfonamides is 1. The van der Waals surface area contributed by atoms with Gasteiger partial charge in [0.2, 0.25) is 16.0 Å². The van der Waals surface area contributed by atoms with Gasteiger partial charge in [0.1, 0.15) is 14.6 Å². The fourth-order valence-corrected chi connectivity index (χ4v) is 5.76. The van der Waals surface area contributed by atoms with Crippen molar-refractivity contribution in [1.29, 1.82) is 0 Å². The van der Waals surface area contributed by atoms with E-state index in [0.717, 1.165) is 0 Å². The van der Waals surface area contributed by atoms with Crippen LogP contribution in [0.4, 0.5) is 5.95 Å². The Bertz CT molecular complexity index is 1170. The molecule has 0 bridgehead atoms. The molecule has 4 rings (SSSR count). The molecule has 3 aromatic rings. The Morgan fingerprint density at radius 2 is 1.87 bits per heavy atom. The van der Waals surface area contributed by atoms with Crippen LogP contribution >= 0.6 is 11.3 Å². The predicted octanol–water partition coefficient (Wildman–Crippen LogP) is 2.08. The molecular weight excluding hydrogens is 426 g/mol. The minimum Gasteiger partial charge on any atom is -0.462 e. The van der Waals surface area contributed by atoms with Gasteiger partial charge >= 0.3 is 5.97 Å². The zero-order valence-electron chi connectivity index (χ0n) is 16.6. The normalized spacial score (nSPS) is 15.5. The lowest BCUT2D eigenvalue weighted by Crippen LogP contribution is -2.49. The number of anilines is 1. The van der Waals surface area contributed by atoms with E-state index in [1.54, 1.807) is 38.4 Å². The van der Waals surface area contributed by atoms with E-state index in [1.807, 2.05) is 4.90 Å². The maximum atomic E-state index is 13.2. The van der Waals surface area contributed by atoms with Crippen molar-refractivity contribution >= 4 is 43.5 Å². The number of nitrogens with zero attached hydrogens (tertiary/aromatic N) is 5. The number of fused-ring (bicyclic) bond motifs is 1. The molecule has 0 unspecified atom stereocenters. The number of piperazine rings is 1. The van der Waals surface area contributed by atoms with Crippen LogP contribution in [0.5, 0.6) is 0 Å². The highest BCUT2D eigenvalue weighted by atomic mass is 32.2. The van der Waals surface area contributed by atoms with Crippen LogP contribution in [0.15, 0.2) is 35.6 Å². The van der Waals surface area contributed by atoms with Crippen molar-refractivity contribution < 1.29 is 17.9 Å². The second-order valence-corrected chi connectivity index (χ2v) is 9.68. The number of aromatic nitrogens is 3. The van der Waals surface area contributed by atoms with Crippen LogP contribution in [-0.4, -0.2) is 66.4 Å².